The van der Waals surface area contributed by atoms with Crippen LogP contribution in [0.4, 0.5) is 0 Å². The van der Waals surface area contributed by atoms with Gasteiger partial charge in [-0.3, -0.25) is 0 Å². The molecule has 0 aliphatic heterocycles. The van der Waals surface area contributed by atoms with Gasteiger partial charge in [-0.15, -0.1) is 10.2 Å². The number of nitrogens with two attached hydrogens (primary N) is 1. The fraction of sp³-hybridized carbons (Fsp3) is 0.800. The van der Waals surface area contributed by atoms with E-state index < -0.39 is 0 Å². The summed E-state index contributed by atoms with van der Waals surface area (Å²) in [6.45, 7) is 5.77. The van der Waals surface area contributed by atoms with Gasteiger partial charge in [-0.1, -0.05) is 25.6 Å². The molecule has 1 aromatic heterocycles. The molecule has 0 aliphatic carbocycles. The van der Waals surface area contributed by atoms with Crippen molar-refractivity contribution in [3.05, 3.63) is 5.82 Å². The van der Waals surface area contributed by atoms with Crippen molar-refractivity contribution in [2.75, 3.05) is 17.3 Å². The number of aromatic nitrogens is 3. The lowest BCUT2D eigenvalue weighted by Crippen LogP contribution is -2.09. The number of nitrogens with zero attached hydrogens (tertiary/aromatic N) is 3. The highest BCUT2D eigenvalue weighted by molar-refractivity contribution is 8.02. The summed E-state index contributed by atoms with van der Waals surface area (Å²) in [6, 6.07) is 0. The van der Waals surface area contributed by atoms with E-state index in [1.165, 1.54) is 5.75 Å². The standard InChI is InChI=1S/C10H20N4S2/c1-3-5-14-9(8-11)12-13-10(14)16-7-6-15-4-2/h3-8,11H2,1-2H3. The van der Waals surface area contributed by atoms with Gasteiger partial charge in [-0.2, -0.15) is 11.8 Å². The van der Waals surface area contributed by atoms with Gasteiger partial charge in [0.15, 0.2) is 5.16 Å². The number of rotatable bonds is 8. The zero-order valence-corrected chi connectivity index (χ0v) is 11.6. The SMILES string of the molecule is CCCn1c(CN)nnc1SCCSCC. The molecule has 0 saturated carbocycles. The lowest BCUT2D eigenvalue weighted by atomic mass is 10.4. The van der Waals surface area contributed by atoms with E-state index in [2.05, 4.69) is 28.6 Å². The zero-order chi connectivity index (χ0) is 11.8. The molecule has 0 fully saturated rings. The molecule has 1 rings (SSSR count). The van der Waals surface area contributed by atoms with Crippen LogP contribution in [-0.2, 0) is 13.1 Å². The molecule has 0 bridgehead atoms. The quantitative estimate of drug-likeness (QED) is 0.572. The Morgan fingerprint density at radius 1 is 1.25 bits per heavy atom. The second-order valence-corrected chi connectivity index (χ2v) is 5.76. The summed E-state index contributed by atoms with van der Waals surface area (Å²) >= 11 is 3.73. The molecule has 0 aliphatic rings. The third kappa shape index (κ3) is 3.99. The van der Waals surface area contributed by atoms with Gasteiger partial charge in [0.2, 0.25) is 0 Å². The third-order valence-corrected chi connectivity index (χ3v) is 4.21. The monoisotopic (exact) mass is 260 g/mol. The van der Waals surface area contributed by atoms with Crippen LogP contribution in [-0.4, -0.2) is 32.0 Å². The molecule has 0 aromatic carbocycles. The number of hydrogen-bond acceptors (Lipinski definition) is 5. The van der Waals surface area contributed by atoms with Gasteiger partial charge in [-0.05, 0) is 12.2 Å². The molecular formula is C10H20N4S2. The molecule has 0 unspecified atom stereocenters. The van der Waals surface area contributed by atoms with Gasteiger partial charge >= 0.3 is 0 Å². The molecular weight excluding hydrogens is 240 g/mol. The predicted octanol–water partition coefficient (Wildman–Crippen LogP) is 1.99. The Morgan fingerprint density at radius 2 is 2.06 bits per heavy atom. The van der Waals surface area contributed by atoms with Crippen LogP contribution in [0.3, 0.4) is 0 Å². The van der Waals surface area contributed by atoms with Crippen molar-refractivity contribution < 1.29 is 0 Å². The van der Waals surface area contributed by atoms with Gasteiger partial charge in [0.25, 0.3) is 0 Å². The summed E-state index contributed by atoms with van der Waals surface area (Å²) < 4.78 is 2.14. The summed E-state index contributed by atoms with van der Waals surface area (Å²) in [5, 5.41) is 9.32. The summed E-state index contributed by atoms with van der Waals surface area (Å²) in [5.74, 6) is 4.33. The van der Waals surface area contributed by atoms with Gasteiger partial charge in [-0.25, -0.2) is 0 Å². The topological polar surface area (TPSA) is 56.7 Å². The molecule has 6 heteroatoms. The minimum atomic E-state index is 0.470. The lowest BCUT2D eigenvalue weighted by molar-refractivity contribution is 0.592. The molecule has 1 heterocycles. The lowest BCUT2D eigenvalue weighted by Gasteiger charge is -2.07. The Labute approximate surface area is 106 Å². The molecule has 0 saturated heterocycles. The van der Waals surface area contributed by atoms with Crippen molar-refractivity contribution in [3.63, 3.8) is 0 Å². The number of thioether (sulfide) groups is 2. The van der Waals surface area contributed by atoms with E-state index in [-0.39, 0.29) is 0 Å². The predicted molar refractivity (Wildman–Crippen MR) is 71.9 cm³/mol. The van der Waals surface area contributed by atoms with Gasteiger partial charge in [0.05, 0.1) is 6.54 Å². The molecule has 0 radical (unpaired) electrons. The summed E-state index contributed by atoms with van der Waals surface area (Å²) in [5.41, 5.74) is 5.63. The zero-order valence-electron chi connectivity index (χ0n) is 9.98. The minimum absolute atomic E-state index is 0.470. The Kier molecular flexibility index (Phi) is 6.91. The first-order valence-electron chi connectivity index (χ1n) is 5.66. The van der Waals surface area contributed by atoms with E-state index in [1.54, 1.807) is 11.8 Å². The third-order valence-electron chi connectivity index (χ3n) is 2.09. The normalized spacial score (nSPS) is 10.9. The summed E-state index contributed by atoms with van der Waals surface area (Å²) in [7, 11) is 0. The Balaban J connectivity index is 2.53. The largest absolute Gasteiger partial charge is 0.324 e. The van der Waals surface area contributed by atoms with E-state index in [0.717, 1.165) is 35.5 Å². The maximum absolute atomic E-state index is 5.63. The van der Waals surface area contributed by atoms with Crippen LogP contribution in [0.2, 0.25) is 0 Å². The second-order valence-electron chi connectivity index (χ2n) is 3.30. The van der Waals surface area contributed by atoms with Crippen LogP contribution in [0.1, 0.15) is 26.1 Å². The maximum Gasteiger partial charge on any atom is 0.191 e. The van der Waals surface area contributed by atoms with Crippen molar-refractivity contribution in [1.82, 2.24) is 14.8 Å². The van der Waals surface area contributed by atoms with E-state index in [0.29, 0.717) is 6.54 Å². The van der Waals surface area contributed by atoms with Crippen molar-refractivity contribution in [2.45, 2.75) is 38.5 Å². The fourth-order valence-electron chi connectivity index (χ4n) is 1.36. The van der Waals surface area contributed by atoms with Crippen molar-refractivity contribution in [2.24, 2.45) is 5.73 Å². The van der Waals surface area contributed by atoms with Crippen LogP contribution in [0, 0.1) is 0 Å². The molecule has 4 nitrogen and oxygen atoms in total. The Hall–Kier alpha value is -0.200. The van der Waals surface area contributed by atoms with E-state index >= 15 is 0 Å². The van der Waals surface area contributed by atoms with Crippen LogP contribution in [0.5, 0.6) is 0 Å². The minimum Gasteiger partial charge on any atom is -0.324 e. The van der Waals surface area contributed by atoms with Crippen LogP contribution < -0.4 is 5.73 Å². The average molecular weight is 260 g/mol. The Bertz CT molecular complexity index is 301. The first-order chi connectivity index (χ1) is 7.83. The molecule has 92 valence electrons. The molecule has 0 atom stereocenters. The van der Waals surface area contributed by atoms with Crippen molar-refractivity contribution in [3.8, 4) is 0 Å². The average Bonchev–Trinajstić information content (AvgIpc) is 2.68. The van der Waals surface area contributed by atoms with E-state index in [9.17, 15) is 0 Å². The van der Waals surface area contributed by atoms with Gasteiger partial charge < -0.3 is 10.3 Å². The van der Waals surface area contributed by atoms with Crippen LogP contribution >= 0.6 is 23.5 Å². The van der Waals surface area contributed by atoms with Crippen molar-refractivity contribution in [1.29, 1.82) is 0 Å². The highest BCUT2D eigenvalue weighted by atomic mass is 32.2. The van der Waals surface area contributed by atoms with Gasteiger partial charge in [0, 0.05) is 18.1 Å². The van der Waals surface area contributed by atoms with Crippen LogP contribution in [0.15, 0.2) is 5.16 Å². The first kappa shape index (κ1) is 13.9. The molecule has 1 aromatic rings. The highest BCUT2D eigenvalue weighted by Crippen LogP contribution is 2.18. The smallest absolute Gasteiger partial charge is 0.191 e. The summed E-state index contributed by atoms with van der Waals surface area (Å²) in [4.78, 5) is 0. The van der Waals surface area contributed by atoms with Gasteiger partial charge in [0.1, 0.15) is 5.82 Å². The molecule has 2 N–H and O–H groups in total. The first-order valence-corrected chi connectivity index (χ1v) is 7.80. The maximum atomic E-state index is 5.63. The van der Waals surface area contributed by atoms with E-state index in [1.807, 2.05) is 11.8 Å². The summed E-state index contributed by atoms with van der Waals surface area (Å²) in [6.07, 6.45) is 1.09. The van der Waals surface area contributed by atoms with Crippen molar-refractivity contribution >= 4 is 23.5 Å². The fourth-order valence-corrected chi connectivity index (χ4v) is 3.09. The molecule has 0 amide bonds. The van der Waals surface area contributed by atoms with E-state index in [4.69, 9.17) is 5.73 Å². The second kappa shape index (κ2) is 7.97. The Morgan fingerprint density at radius 3 is 2.69 bits per heavy atom. The van der Waals surface area contributed by atoms with Crippen LogP contribution in [0.25, 0.3) is 0 Å². The molecule has 16 heavy (non-hydrogen) atoms. The highest BCUT2D eigenvalue weighted by Gasteiger charge is 2.09. The number of hydrogen-bond donors (Lipinski definition) is 1. The molecule has 0 spiro atoms.